The Bertz CT molecular complexity index is 635. The second kappa shape index (κ2) is 5.75. The first kappa shape index (κ1) is 13.4. The van der Waals surface area contributed by atoms with Gasteiger partial charge in [-0.15, -0.1) is 0 Å². The lowest BCUT2D eigenvalue weighted by molar-refractivity contribution is 1.45. The molecular weight excluding hydrogens is 379 g/mol. The van der Waals surface area contributed by atoms with E-state index < -0.39 is 0 Å². The molecule has 0 atom stereocenters. The molecule has 0 saturated carbocycles. The molecule has 0 aliphatic rings. The summed E-state index contributed by atoms with van der Waals surface area (Å²) in [6.45, 7) is 0. The molecule has 0 aromatic heterocycles. The third-order valence-corrected chi connectivity index (χ3v) is 4.37. The van der Waals surface area contributed by atoms with E-state index in [2.05, 4.69) is 43.2 Å². The lowest BCUT2D eigenvalue weighted by Gasteiger charge is -2.11. The summed E-state index contributed by atoms with van der Waals surface area (Å²) in [5.41, 5.74) is 2.35. The molecule has 0 amide bonds. The fourth-order valence-electron chi connectivity index (χ4n) is 1.43. The van der Waals surface area contributed by atoms with Gasteiger partial charge in [-0.25, -0.2) is 0 Å². The summed E-state index contributed by atoms with van der Waals surface area (Å²) in [5, 5.41) is 12.7. The van der Waals surface area contributed by atoms with E-state index in [1.54, 1.807) is 12.1 Å². The maximum absolute atomic E-state index is 8.81. The largest absolute Gasteiger partial charge is 0.354 e. The molecule has 0 aliphatic heterocycles. The first-order chi connectivity index (χ1) is 8.61. The minimum atomic E-state index is 0.609. The molecule has 0 radical (unpaired) electrons. The van der Waals surface area contributed by atoms with E-state index in [0.29, 0.717) is 10.6 Å². The molecule has 2 aromatic carbocycles. The van der Waals surface area contributed by atoms with E-state index in [-0.39, 0.29) is 0 Å². The standard InChI is InChI=1S/C13H7Br2ClN2/c14-9-6-8(7-17)4-5-11(9)18-12-3-1-2-10(16)13(12)15/h1-6,18H. The number of benzene rings is 2. The van der Waals surface area contributed by atoms with Crippen LogP contribution in [-0.2, 0) is 0 Å². The Labute approximate surface area is 127 Å². The Kier molecular flexibility index (Phi) is 4.28. The molecule has 0 bridgehead atoms. The zero-order valence-corrected chi connectivity index (χ0v) is 13.0. The smallest absolute Gasteiger partial charge is 0.0992 e. The van der Waals surface area contributed by atoms with Gasteiger partial charge in [0.1, 0.15) is 0 Å². The lowest BCUT2D eigenvalue weighted by Crippen LogP contribution is -1.93. The van der Waals surface area contributed by atoms with Crippen LogP contribution in [0.25, 0.3) is 0 Å². The summed E-state index contributed by atoms with van der Waals surface area (Å²) < 4.78 is 1.64. The fraction of sp³-hybridized carbons (Fsp3) is 0. The van der Waals surface area contributed by atoms with Crippen molar-refractivity contribution in [1.29, 1.82) is 5.26 Å². The maximum atomic E-state index is 8.81. The summed E-state index contributed by atoms with van der Waals surface area (Å²) in [6, 6.07) is 13.1. The zero-order valence-electron chi connectivity index (χ0n) is 9.05. The molecule has 2 rings (SSSR count). The fourth-order valence-corrected chi connectivity index (χ4v) is 2.45. The molecule has 0 spiro atoms. The molecule has 90 valence electrons. The predicted octanol–water partition coefficient (Wildman–Crippen LogP) is 5.48. The van der Waals surface area contributed by atoms with Crippen LogP contribution in [0.15, 0.2) is 45.3 Å². The minimum absolute atomic E-state index is 0.609. The second-order valence-corrected chi connectivity index (χ2v) is 5.59. The Morgan fingerprint density at radius 1 is 1.11 bits per heavy atom. The Hall–Kier alpha value is -1.02. The van der Waals surface area contributed by atoms with Crippen molar-refractivity contribution in [2.75, 3.05) is 5.32 Å². The van der Waals surface area contributed by atoms with E-state index >= 15 is 0 Å². The van der Waals surface area contributed by atoms with Gasteiger partial charge in [-0.3, -0.25) is 0 Å². The minimum Gasteiger partial charge on any atom is -0.354 e. The van der Waals surface area contributed by atoms with E-state index in [1.165, 1.54) is 0 Å². The van der Waals surface area contributed by atoms with Gasteiger partial charge in [0.2, 0.25) is 0 Å². The normalized spacial score (nSPS) is 9.89. The molecule has 2 aromatic rings. The van der Waals surface area contributed by atoms with Crippen LogP contribution in [0.1, 0.15) is 5.56 Å². The lowest BCUT2D eigenvalue weighted by atomic mass is 10.2. The number of nitrogens with one attached hydrogen (secondary N) is 1. The van der Waals surface area contributed by atoms with Crippen molar-refractivity contribution in [3.8, 4) is 6.07 Å². The van der Waals surface area contributed by atoms with Crippen LogP contribution >= 0.6 is 43.5 Å². The summed E-state index contributed by atoms with van der Waals surface area (Å²) >= 11 is 12.9. The van der Waals surface area contributed by atoms with Crippen molar-refractivity contribution in [2.45, 2.75) is 0 Å². The van der Waals surface area contributed by atoms with E-state index in [1.807, 2.05) is 24.3 Å². The molecule has 18 heavy (non-hydrogen) atoms. The van der Waals surface area contributed by atoms with Gasteiger partial charge >= 0.3 is 0 Å². The predicted molar refractivity (Wildman–Crippen MR) is 81.3 cm³/mol. The van der Waals surface area contributed by atoms with Gasteiger partial charge in [0, 0.05) is 4.47 Å². The van der Waals surface area contributed by atoms with Gasteiger partial charge in [0.05, 0.1) is 32.5 Å². The zero-order chi connectivity index (χ0) is 13.1. The first-order valence-corrected chi connectivity index (χ1v) is 6.99. The topological polar surface area (TPSA) is 35.8 Å². The number of nitrogens with zero attached hydrogens (tertiary/aromatic N) is 1. The van der Waals surface area contributed by atoms with Gasteiger partial charge in [0.15, 0.2) is 0 Å². The Morgan fingerprint density at radius 3 is 2.56 bits per heavy atom. The van der Waals surface area contributed by atoms with E-state index in [4.69, 9.17) is 16.9 Å². The number of rotatable bonds is 2. The van der Waals surface area contributed by atoms with Crippen molar-refractivity contribution in [3.05, 3.63) is 55.9 Å². The highest BCUT2D eigenvalue weighted by Crippen LogP contribution is 2.34. The second-order valence-electron chi connectivity index (χ2n) is 3.53. The van der Waals surface area contributed by atoms with Crippen molar-refractivity contribution in [3.63, 3.8) is 0 Å². The highest BCUT2D eigenvalue weighted by atomic mass is 79.9. The number of anilines is 2. The van der Waals surface area contributed by atoms with Gasteiger partial charge in [-0.05, 0) is 62.2 Å². The third-order valence-electron chi connectivity index (χ3n) is 2.32. The number of nitriles is 1. The molecule has 0 saturated heterocycles. The monoisotopic (exact) mass is 384 g/mol. The van der Waals surface area contributed by atoms with E-state index in [9.17, 15) is 0 Å². The van der Waals surface area contributed by atoms with Crippen LogP contribution in [0, 0.1) is 11.3 Å². The summed E-state index contributed by atoms with van der Waals surface area (Å²) in [7, 11) is 0. The van der Waals surface area contributed by atoms with Crippen LogP contribution in [0.5, 0.6) is 0 Å². The molecule has 0 heterocycles. The average molecular weight is 386 g/mol. The van der Waals surface area contributed by atoms with Crippen LogP contribution in [0.4, 0.5) is 11.4 Å². The summed E-state index contributed by atoms with van der Waals surface area (Å²) in [6.07, 6.45) is 0. The van der Waals surface area contributed by atoms with Crippen LogP contribution in [0.3, 0.4) is 0 Å². The van der Waals surface area contributed by atoms with Gasteiger partial charge in [-0.2, -0.15) is 5.26 Å². The molecule has 2 nitrogen and oxygen atoms in total. The molecule has 0 fully saturated rings. The molecule has 0 aliphatic carbocycles. The van der Waals surface area contributed by atoms with Gasteiger partial charge in [-0.1, -0.05) is 17.7 Å². The average Bonchev–Trinajstić information content (AvgIpc) is 2.37. The van der Waals surface area contributed by atoms with Crippen LogP contribution < -0.4 is 5.32 Å². The summed E-state index contributed by atoms with van der Waals surface area (Å²) in [4.78, 5) is 0. The number of hydrogen-bond acceptors (Lipinski definition) is 2. The molecule has 0 unspecified atom stereocenters. The van der Waals surface area contributed by atoms with Gasteiger partial charge < -0.3 is 5.32 Å². The maximum Gasteiger partial charge on any atom is 0.0992 e. The molecule has 1 N–H and O–H groups in total. The van der Waals surface area contributed by atoms with Crippen molar-refractivity contribution in [2.24, 2.45) is 0 Å². The highest BCUT2D eigenvalue weighted by molar-refractivity contribution is 9.11. The number of hydrogen-bond donors (Lipinski definition) is 1. The number of halogens is 3. The molecule has 5 heteroatoms. The summed E-state index contributed by atoms with van der Waals surface area (Å²) in [5.74, 6) is 0. The highest BCUT2D eigenvalue weighted by Gasteiger charge is 2.06. The Morgan fingerprint density at radius 2 is 1.89 bits per heavy atom. The molecular formula is C13H7Br2ClN2. The van der Waals surface area contributed by atoms with E-state index in [0.717, 1.165) is 20.3 Å². The Balaban J connectivity index is 2.35. The van der Waals surface area contributed by atoms with Crippen molar-refractivity contribution in [1.82, 2.24) is 0 Å². The van der Waals surface area contributed by atoms with Crippen LogP contribution in [-0.4, -0.2) is 0 Å². The third kappa shape index (κ3) is 2.86. The van der Waals surface area contributed by atoms with Crippen molar-refractivity contribution < 1.29 is 0 Å². The SMILES string of the molecule is N#Cc1ccc(Nc2cccc(Cl)c2Br)c(Br)c1. The quantitative estimate of drug-likeness (QED) is 0.742. The van der Waals surface area contributed by atoms with Gasteiger partial charge in [0.25, 0.3) is 0 Å². The van der Waals surface area contributed by atoms with Crippen LogP contribution in [0.2, 0.25) is 5.02 Å². The van der Waals surface area contributed by atoms with Crippen molar-refractivity contribution >= 4 is 54.8 Å². The first-order valence-electron chi connectivity index (χ1n) is 5.02.